The fourth-order valence-corrected chi connectivity index (χ4v) is 4.58. The van der Waals surface area contributed by atoms with Crippen molar-refractivity contribution in [2.75, 3.05) is 34.5 Å². The SMILES string of the molecule is COc1cc(C2(c3c(-c4ccccc4)[nH]c4ccccc34)COC2)cc(OC)c1OC. The Kier molecular flexibility index (Phi) is 4.83. The standard InChI is InChI=1S/C26H25NO4/c1-28-21-13-18(14-22(29-2)25(21)30-3)26(15-31-16-26)23-19-11-7-8-12-20(19)27-24(23)17-9-5-4-6-10-17/h4-14,27H,15-16H2,1-3H3. The maximum Gasteiger partial charge on any atom is 0.203 e. The molecule has 0 saturated carbocycles. The van der Waals surface area contributed by atoms with E-state index in [1.54, 1.807) is 21.3 Å². The molecular weight excluding hydrogens is 390 g/mol. The lowest BCUT2D eigenvalue weighted by molar-refractivity contribution is -0.0371. The van der Waals surface area contributed by atoms with Crippen LogP contribution >= 0.6 is 0 Å². The zero-order chi connectivity index (χ0) is 21.4. The van der Waals surface area contributed by atoms with Crippen LogP contribution in [0.3, 0.4) is 0 Å². The Balaban J connectivity index is 1.80. The highest BCUT2D eigenvalue weighted by molar-refractivity contribution is 5.93. The highest BCUT2D eigenvalue weighted by Crippen LogP contribution is 2.50. The molecule has 3 aromatic carbocycles. The molecule has 5 nitrogen and oxygen atoms in total. The van der Waals surface area contributed by atoms with Crippen molar-refractivity contribution >= 4 is 10.9 Å². The van der Waals surface area contributed by atoms with Crippen molar-refractivity contribution in [3.8, 4) is 28.5 Å². The van der Waals surface area contributed by atoms with Crippen molar-refractivity contribution < 1.29 is 18.9 Å². The molecule has 4 aromatic rings. The summed E-state index contributed by atoms with van der Waals surface area (Å²) < 4.78 is 22.7. The maximum absolute atomic E-state index is 5.83. The van der Waals surface area contributed by atoms with Crippen molar-refractivity contribution in [2.45, 2.75) is 5.41 Å². The van der Waals surface area contributed by atoms with Gasteiger partial charge in [0.15, 0.2) is 11.5 Å². The average Bonchev–Trinajstić information content (AvgIpc) is 3.18. The Hall–Kier alpha value is -3.44. The molecule has 0 radical (unpaired) electrons. The Labute approximate surface area is 181 Å². The molecule has 0 spiro atoms. The van der Waals surface area contributed by atoms with Gasteiger partial charge in [0.25, 0.3) is 0 Å². The molecule has 1 aliphatic heterocycles. The number of H-pyrrole nitrogens is 1. The van der Waals surface area contributed by atoms with Crippen molar-refractivity contribution in [2.24, 2.45) is 0 Å². The van der Waals surface area contributed by atoms with E-state index in [2.05, 4.69) is 53.5 Å². The van der Waals surface area contributed by atoms with Gasteiger partial charge in [0.2, 0.25) is 5.75 Å². The summed E-state index contributed by atoms with van der Waals surface area (Å²) in [5.41, 5.74) is 5.34. The van der Waals surface area contributed by atoms with E-state index in [0.29, 0.717) is 30.5 Å². The Morgan fingerprint density at radius 2 is 1.45 bits per heavy atom. The molecule has 1 aliphatic rings. The topological polar surface area (TPSA) is 52.7 Å². The summed E-state index contributed by atoms with van der Waals surface area (Å²) in [6, 6.07) is 22.9. The van der Waals surface area contributed by atoms with Gasteiger partial charge in [-0.25, -0.2) is 0 Å². The summed E-state index contributed by atoms with van der Waals surface area (Å²) in [7, 11) is 4.91. The van der Waals surface area contributed by atoms with E-state index in [-0.39, 0.29) is 5.41 Å². The average molecular weight is 415 g/mol. The van der Waals surface area contributed by atoms with Crippen molar-refractivity contribution in [1.82, 2.24) is 4.98 Å². The summed E-state index contributed by atoms with van der Waals surface area (Å²) in [4.78, 5) is 3.66. The van der Waals surface area contributed by atoms with E-state index in [1.165, 1.54) is 10.9 Å². The summed E-state index contributed by atoms with van der Waals surface area (Å²) in [6.07, 6.45) is 0. The van der Waals surface area contributed by atoms with Crippen LogP contribution in [-0.2, 0) is 10.2 Å². The van der Waals surface area contributed by atoms with Crippen LogP contribution in [0.15, 0.2) is 66.7 Å². The Bertz CT molecular complexity index is 1200. The molecule has 5 rings (SSSR count). The number of aromatic nitrogens is 1. The van der Waals surface area contributed by atoms with Crippen LogP contribution in [0.1, 0.15) is 11.1 Å². The van der Waals surface area contributed by atoms with Crippen molar-refractivity contribution in [3.63, 3.8) is 0 Å². The van der Waals surface area contributed by atoms with Gasteiger partial charge in [0.05, 0.1) is 45.7 Å². The predicted molar refractivity (Wildman–Crippen MR) is 121 cm³/mol. The highest BCUT2D eigenvalue weighted by atomic mass is 16.5. The van der Waals surface area contributed by atoms with Gasteiger partial charge >= 0.3 is 0 Å². The zero-order valence-corrected chi connectivity index (χ0v) is 17.9. The third-order valence-corrected chi connectivity index (χ3v) is 6.16. The molecule has 0 bridgehead atoms. The molecular formula is C26H25NO4. The van der Waals surface area contributed by atoms with Gasteiger partial charge in [-0.1, -0.05) is 48.5 Å². The van der Waals surface area contributed by atoms with Crippen LogP contribution in [0.25, 0.3) is 22.2 Å². The van der Waals surface area contributed by atoms with Crippen LogP contribution in [0.4, 0.5) is 0 Å². The third kappa shape index (κ3) is 2.96. The third-order valence-electron chi connectivity index (χ3n) is 6.16. The highest BCUT2D eigenvalue weighted by Gasteiger charge is 2.46. The fraction of sp³-hybridized carbons (Fsp3) is 0.231. The lowest BCUT2D eigenvalue weighted by Gasteiger charge is -2.43. The summed E-state index contributed by atoms with van der Waals surface area (Å²) in [5, 5.41) is 1.19. The van der Waals surface area contributed by atoms with Gasteiger partial charge in [0.1, 0.15) is 0 Å². The molecule has 31 heavy (non-hydrogen) atoms. The number of fused-ring (bicyclic) bond motifs is 1. The molecule has 5 heteroatoms. The van der Waals surface area contributed by atoms with E-state index in [9.17, 15) is 0 Å². The minimum absolute atomic E-state index is 0.336. The number of hydrogen-bond acceptors (Lipinski definition) is 4. The first kappa shape index (κ1) is 19.5. The maximum atomic E-state index is 5.83. The molecule has 0 aliphatic carbocycles. The molecule has 1 aromatic heterocycles. The van der Waals surface area contributed by atoms with Gasteiger partial charge in [-0.05, 0) is 29.3 Å². The van der Waals surface area contributed by atoms with Gasteiger partial charge in [0, 0.05) is 16.5 Å². The van der Waals surface area contributed by atoms with E-state index >= 15 is 0 Å². The summed E-state index contributed by atoms with van der Waals surface area (Å²) in [6.45, 7) is 1.15. The molecule has 2 heterocycles. The van der Waals surface area contributed by atoms with Gasteiger partial charge < -0.3 is 23.9 Å². The fourth-order valence-electron chi connectivity index (χ4n) is 4.58. The van der Waals surface area contributed by atoms with Crippen LogP contribution in [-0.4, -0.2) is 39.5 Å². The smallest absolute Gasteiger partial charge is 0.203 e. The number of nitrogens with one attached hydrogen (secondary N) is 1. The minimum Gasteiger partial charge on any atom is -0.493 e. The molecule has 1 N–H and O–H groups in total. The summed E-state index contributed by atoms with van der Waals surface area (Å²) >= 11 is 0. The van der Waals surface area contributed by atoms with E-state index in [1.807, 2.05) is 18.2 Å². The number of para-hydroxylation sites is 1. The number of benzene rings is 3. The van der Waals surface area contributed by atoms with Crippen molar-refractivity contribution in [3.05, 3.63) is 77.9 Å². The molecule has 0 amide bonds. The van der Waals surface area contributed by atoms with E-state index < -0.39 is 0 Å². The van der Waals surface area contributed by atoms with E-state index in [4.69, 9.17) is 18.9 Å². The Morgan fingerprint density at radius 3 is 2.03 bits per heavy atom. The number of ether oxygens (including phenoxy) is 4. The normalized spacial score (nSPS) is 14.8. The second-order valence-corrected chi connectivity index (χ2v) is 7.78. The van der Waals surface area contributed by atoms with Crippen LogP contribution in [0, 0.1) is 0 Å². The molecule has 1 saturated heterocycles. The lowest BCUT2D eigenvalue weighted by atomic mass is 9.71. The number of rotatable bonds is 6. The lowest BCUT2D eigenvalue weighted by Crippen LogP contribution is -2.48. The molecule has 0 atom stereocenters. The minimum atomic E-state index is -0.336. The second-order valence-electron chi connectivity index (χ2n) is 7.78. The first-order valence-corrected chi connectivity index (χ1v) is 10.3. The first-order chi connectivity index (χ1) is 15.2. The first-order valence-electron chi connectivity index (χ1n) is 10.3. The van der Waals surface area contributed by atoms with Crippen LogP contribution < -0.4 is 14.2 Å². The number of hydrogen-bond donors (Lipinski definition) is 1. The second kappa shape index (κ2) is 7.67. The van der Waals surface area contributed by atoms with E-state index in [0.717, 1.165) is 22.3 Å². The molecule has 158 valence electrons. The van der Waals surface area contributed by atoms with Gasteiger partial charge in [-0.2, -0.15) is 0 Å². The molecule has 1 fully saturated rings. The Morgan fingerprint density at radius 1 is 0.806 bits per heavy atom. The monoisotopic (exact) mass is 415 g/mol. The van der Waals surface area contributed by atoms with Crippen molar-refractivity contribution in [1.29, 1.82) is 0 Å². The van der Waals surface area contributed by atoms with Crippen LogP contribution in [0.2, 0.25) is 0 Å². The van der Waals surface area contributed by atoms with Gasteiger partial charge in [-0.15, -0.1) is 0 Å². The largest absolute Gasteiger partial charge is 0.493 e. The summed E-state index contributed by atoms with van der Waals surface area (Å²) in [5.74, 6) is 1.87. The zero-order valence-electron chi connectivity index (χ0n) is 17.9. The molecule has 0 unspecified atom stereocenters. The van der Waals surface area contributed by atoms with Crippen LogP contribution in [0.5, 0.6) is 17.2 Å². The quantitative estimate of drug-likeness (QED) is 0.472. The number of methoxy groups -OCH3 is 3. The van der Waals surface area contributed by atoms with Gasteiger partial charge in [-0.3, -0.25) is 0 Å². The predicted octanol–water partition coefficient (Wildman–Crippen LogP) is 5.18. The number of aromatic amines is 1.